The summed E-state index contributed by atoms with van der Waals surface area (Å²) in [6.45, 7) is 6.65. The van der Waals surface area contributed by atoms with Crippen LogP contribution in [0, 0.1) is 0 Å². The van der Waals surface area contributed by atoms with Crippen molar-refractivity contribution < 1.29 is 14.1 Å². The number of amides is 1. The molecule has 0 aromatic carbocycles. The molecule has 3 rings (SSSR count). The first kappa shape index (κ1) is 16.5. The van der Waals surface area contributed by atoms with E-state index in [9.17, 15) is 4.79 Å². The Morgan fingerprint density at radius 3 is 2.71 bits per heavy atom. The number of pyridine rings is 1. The number of piperazine rings is 1. The molecule has 1 amide bonds. The van der Waals surface area contributed by atoms with Crippen LogP contribution in [0.1, 0.15) is 12.8 Å². The van der Waals surface area contributed by atoms with Crippen molar-refractivity contribution in [1.29, 1.82) is 0 Å². The SMILES string of the molecule is CCN1CCN(C(=O)COCc2nc(-c3ccncc3)no2)CC1. The van der Waals surface area contributed by atoms with Crippen molar-refractivity contribution in [3.8, 4) is 11.4 Å². The summed E-state index contributed by atoms with van der Waals surface area (Å²) in [4.78, 5) is 24.5. The maximum Gasteiger partial charge on any atom is 0.252 e. The molecule has 0 aliphatic carbocycles. The van der Waals surface area contributed by atoms with E-state index in [2.05, 4.69) is 26.9 Å². The smallest absolute Gasteiger partial charge is 0.252 e. The summed E-state index contributed by atoms with van der Waals surface area (Å²) in [5.74, 6) is 0.836. The van der Waals surface area contributed by atoms with Gasteiger partial charge in [-0.2, -0.15) is 4.98 Å². The Bertz CT molecular complexity index is 653. The lowest BCUT2D eigenvalue weighted by molar-refractivity contribution is -0.138. The molecular formula is C16H21N5O3. The van der Waals surface area contributed by atoms with E-state index >= 15 is 0 Å². The standard InChI is InChI=1S/C16H21N5O3/c1-2-20-7-9-21(10-8-20)15(22)12-23-11-14-18-16(19-24-14)13-3-5-17-6-4-13/h3-6H,2,7-12H2,1H3. The first-order chi connectivity index (χ1) is 11.8. The Hall–Kier alpha value is -2.32. The van der Waals surface area contributed by atoms with E-state index in [1.54, 1.807) is 24.5 Å². The van der Waals surface area contributed by atoms with E-state index in [0.717, 1.165) is 38.3 Å². The maximum absolute atomic E-state index is 12.1. The second-order valence-corrected chi connectivity index (χ2v) is 5.56. The van der Waals surface area contributed by atoms with Gasteiger partial charge >= 0.3 is 0 Å². The van der Waals surface area contributed by atoms with Crippen LogP contribution in [0.2, 0.25) is 0 Å². The molecule has 1 fully saturated rings. The fourth-order valence-corrected chi connectivity index (χ4v) is 2.56. The number of rotatable bonds is 6. The minimum Gasteiger partial charge on any atom is -0.362 e. The topological polar surface area (TPSA) is 84.6 Å². The molecule has 0 bridgehead atoms. The summed E-state index contributed by atoms with van der Waals surface area (Å²) in [5.41, 5.74) is 0.824. The maximum atomic E-state index is 12.1. The Kier molecular flexibility index (Phi) is 5.50. The number of hydrogen-bond acceptors (Lipinski definition) is 7. The third-order valence-corrected chi connectivity index (χ3v) is 4.03. The summed E-state index contributed by atoms with van der Waals surface area (Å²) in [5, 5.41) is 3.90. The molecule has 3 heterocycles. The molecule has 128 valence electrons. The predicted octanol–water partition coefficient (Wildman–Crippen LogP) is 0.812. The molecule has 0 saturated carbocycles. The number of nitrogens with zero attached hydrogens (tertiary/aromatic N) is 5. The molecule has 0 spiro atoms. The zero-order chi connectivity index (χ0) is 16.8. The van der Waals surface area contributed by atoms with E-state index in [1.807, 2.05) is 4.90 Å². The van der Waals surface area contributed by atoms with Gasteiger partial charge in [0.05, 0.1) is 0 Å². The monoisotopic (exact) mass is 331 g/mol. The van der Waals surface area contributed by atoms with E-state index < -0.39 is 0 Å². The lowest BCUT2D eigenvalue weighted by Gasteiger charge is -2.33. The number of aromatic nitrogens is 3. The fraction of sp³-hybridized carbons (Fsp3) is 0.500. The Balaban J connectivity index is 1.44. The van der Waals surface area contributed by atoms with Crippen molar-refractivity contribution in [3.63, 3.8) is 0 Å². The average Bonchev–Trinajstić information content (AvgIpc) is 3.11. The summed E-state index contributed by atoms with van der Waals surface area (Å²) < 4.78 is 10.6. The minimum atomic E-state index is -0.000347. The van der Waals surface area contributed by atoms with Crippen molar-refractivity contribution >= 4 is 5.91 Å². The summed E-state index contributed by atoms with van der Waals surface area (Å²) in [6.07, 6.45) is 3.33. The van der Waals surface area contributed by atoms with Gasteiger partial charge in [-0.25, -0.2) is 0 Å². The Morgan fingerprint density at radius 1 is 1.25 bits per heavy atom. The van der Waals surface area contributed by atoms with Crippen LogP contribution in [0.3, 0.4) is 0 Å². The number of likely N-dealkylation sites (N-methyl/N-ethyl adjacent to an activating group) is 1. The highest BCUT2D eigenvalue weighted by Gasteiger charge is 2.20. The Morgan fingerprint density at radius 2 is 2.00 bits per heavy atom. The van der Waals surface area contributed by atoms with Gasteiger partial charge in [0.1, 0.15) is 13.2 Å². The lowest BCUT2D eigenvalue weighted by atomic mass is 10.2. The predicted molar refractivity (Wildman–Crippen MR) is 85.9 cm³/mol. The highest BCUT2D eigenvalue weighted by Crippen LogP contribution is 2.14. The van der Waals surface area contributed by atoms with Gasteiger partial charge in [0.2, 0.25) is 11.7 Å². The van der Waals surface area contributed by atoms with Crippen molar-refractivity contribution in [2.75, 3.05) is 39.3 Å². The molecule has 1 aliphatic rings. The number of ether oxygens (including phenoxy) is 1. The molecule has 24 heavy (non-hydrogen) atoms. The van der Waals surface area contributed by atoms with Gasteiger partial charge in [0, 0.05) is 44.1 Å². The zero-order valence-corrected chi connectivity index (χ0v) is 13.7. The van der Waals surface area contributed by atoms with Crippen molar-refractivity contribution in [3.05, 3.63) is 30.4 Å². The molecule has 0 unspecified atom stereocenters. The van der Waals surface area contributed by atoms with Gasteiger partial charge in [-0.3, -0.25) is 9.78 Å². The van der Waals surface area contributed by atoms with Crippen LogP contribution in [0.25, 0.3) is 11.4 Å². The van der Waals surface area contributed by atoms with Gasteiger partial charge in [0.25, 0.3) is 5.89 Å². The second-order valence-electron chi connectivity index (χ2n) is 5.56. The van der Waals surface area contributed by atoms with Gasteiger partial charge in [-0.1, -0.05) is 12.1 Å². The molecule has 0 atom stereocenters. The van der Waals surface area contributed by atoms with E-state index in [4.69, 9.17) is 9.26 Å². The lowest BCUT2D eigenvalue weighted by Crippen LogP contribution is -2.49. The number of carbonyl (C=O) groups excluding carboxylic acids is 1. The zero-order valence-electron chi connectivity index (χ0n) is 13.7. The van der Waals surface area contributed by atoms with Gasteiger partial charge in [0.15, 0.2) is 0 Å². The van der Waals surface area contributed by atoms with Gasteiger partial charge in [-0.15, -0.1) is 0 Å². The highest BCUT2D eigenvalue weighted by molar-refractivity contribution is 5.77. The van der Waals surface area contributed by atoms with Crippen LogP contribution in [-0.2, 0) is 16.1 Å². The quantitative estimate of drug-likeness (QED) is 0.774. The van der Waals surface area contributed by atoms with E-state index in [0.29, 0.717) is 11.7 Å². The number of carbonyl (C=O) groups is 1. The first-order valence-electron chi connectivity index (χ1n) is 8.07. The van der Waals surface area contributed by atoms with Crippen LogP contribution in [0.15, 0.2) is 29.0 Å². The normalized spacial score (nSPS) is 15.6. The van der Waals surface area contributed by atoms with Crippen molar-refractivity contribution in [2.24, 2.45) is 0 Å². The molecule has 0 N–H and O–H groups in total. The molecular weight excluding hydrogens is 310 g/mol. The van der Waals surface area contributed by atoms with Crippen LogP contribution >= 0.6 is 0 Å². The molecule has 0 radical (unpaired) electrons. The highest BCUT2D eigenvalue weighted by atomic mass is 16.5. The minimum absolute atomic E-state index is 0.000347. The summed E-state index contributed by atoms with van der Waals surface area (Å²) in [6, 6.07) is 3.60. The van der Waals surface area contributed by atoms with Gasteiger partial charge < -0.3 is 19.1 Å². The molecule has 8 heteroatoms. The molecule has 1 aliphatic heterocycles. The van der Waals surface area contributed by atoms with Crippen molar-refractivity contribution in [1.82, 2.24) is 24.9 Å². The molecule has 1 saturated heterocycles. The van der Waals surface area contributed by atoms with Crippen LogP contribution in [-0.4, -0.2) is 70.2 Å². The largest absolute Gasteiger partial charge is 0.362 e. The third kappa shape index (κ3) is 4.15. The van der Waals surface area contributed by atoms with Crippen LogP contribution < -0.4 is 0 Å². The molecule has 2 aromatic heterocycles. The van der Waals surface area contributed by atoms with Crippen LogP contribution in [0.4, 0.5) is 0 Å². The first-order valence-corrected chi connectivity index (χ1v) is 8.07. The third-order valence-electron chi connectivity index (χ3n) is 4.03. The summed E-state index contributed by atoms with van der Waals surface area (Å²) in [7, 11) is 0. The Labute approximate surface area is 140 Å². The van der Waals surface area contributed by atoms with Gasteiger partial charge in [-0.05, 0) is 18.7 Å². The molecule has 2 aromatic rings. The fourth-order valence-electron chi connectivity index (χ4n) is 2.56. The van der Waals surface area contributed by atoms with E-state index in [1.165, 1.54) is 0 Å². The number of hydrogen-bond donors (Lipinski definition) is 0. The molecule has 8 nitrogen and oxygen atoms in total. The van der Waals surface area contributed by atoms with E-state index in [-0.39, 0.29) is 19.1 Å². The van der Waals surface area contributed by atoms with Crippen LogP contribution in [0.5, 0.6) is 0 Å². The van der Waals surface area contributed by atoms with Crippen molar-refractivity contribution in [2.45, 2.75) is 13.5 Å². The second kappa shape index (κ2) is 7.98. The summed E-state index contributed by atoms with van der Waals surface area (Å²) >= 11 is 0. The average molecular weight is 331 g/mol.